The van der Waals surface area contributed by atoms with Gasteiger partial charge >= 0.3 is 0 Å². The maximum atomic E-state index is 14.6. The Kier molecular flexibility index (Phi) is 5.86. The molecule has 0 saturated carbocycles. The number of aromatic nitrogens is 3. The Bertz CT molecular complexity index is 1570. The van der Waals surface area contributed by atoms with Gasteiger partial charge in [0.15, 0.2) is 16.6 Å². The van der Waals surface area contributed by atoms with Crippen molar-refractivity contribution < 1.29 is 8.81 Å². The molecule has 35 heavy (non-hydrogen) atoms. The molecule has 0 aliphatic heterocycles. The number of nitrogen functional groups attached to an aromatic ring is 1. The van der Waals surface area contributed by atoms with E-state index >= 15 is 0 Å². The predicted octanol–water partition coefficient (Wildman–Crippen LogP) is 7.12. The van der Waals surface area contributed by atoms with Crippen molar-refractivity contribution in [3.8, 4) is 22.4 Å². The van der Waals surface area contributed by atoms with Crippen LogP contribution in [0.5, 0.6) is 0 Å². The van der Waals surface area contributed by atoms with Crippen LogP contribution in [0.1, 0.15) is 29.9 Å². The first-order valence-corrected chi connectivity index (χ1v) is 11.5. The second-order valence-corrected chi connectivity index (χ2v) is 8.89. The SMILES string of the molecule is Cc1nc(NC(C)c2cccc(-c3cnc(Cl)c(N)c3)c2)cc(-c2cc(F)c3occ(C)c3c2)n1. The first kappa shape index (κ1) is 22.8. The van der Waals surface area contributed by atoms with Crippen LogP contribution in [0.25, 0.3) is 33.4 Å². The van der Waals surface area contributed by atoms with Crippen molar-refractivity contribution in [1.29, 1.82) is 0 Å². The second-order valence-electron chi connectivity index (χ2n) is 8.53. The zero-order chi connectivity index (χ0) is 24.7. The molecule has 176 valence electrons. The van der Waals surface area contributed by atoms with Crippen LogP contribution in [0.3, 0.4) is 0 Å². The van der Waals surface area contributed by atoms with Crippen LogP contribution in [0, 0.1) is 19.7 Å². The van der Waals surface area contributed by atoms with Gasteiger partial charge < -0.3 is 15.5 Å². The van der Waals surface area contributed by atoms with Gasteiger partial charge in [0.1, 0.15) is 11.6 Å². The molecule has 3 heterocycles. The van der Waals surface area contributed by atoms with Crippen LogP contribution < -0.4 is 11.1 Å². The average molecular weight is 488 g/mol. The molecule has 0 fully saturated rings. The van der Waals surface area contributed by atoms with Crippen molar-refractivity contribution in [3.63, 3.8) is 0 Å². The summed E-state index contributed by atoms with van der Waals surface area (Å²) in [6.45, 7) is 5.75. The van der Waals surface area contributed by atoms with Gasteiger partial charge in [0.05, 0.1) is 17.6 Å². The monoisotopic (exact) mass is 487 g/mol. The molecular weight excluding hydrogens is 465 g/mol. The predicted molar refractivity (Wildman–Crippen MR) is 138 cm³/mol. The number of anilines is 2. The van der Waals surface area contributed by atoms with Crippen molar-refractivity contribution in [2.45, 2.75) is 26.8 Å². The van der Waals surface area contributed by atoms with Gasteiger partial charge in [0.25, 0.3) is 0 Å². The summed E-state index contributed by atoms with van der Waals surface area (Å²) in [7, 11) is 0. The minimum atomic E-state index is -0.418. The van der Waals surface area contributed by atoms with E-state index in [4.69, 9.17) is 21.8 Å². The molecule has 3 aromatic heterocycles. The van der Waals surface area contributed by atoms with Crippen LogP contribution in [0.2, 0.25) is 5.15 Å². The second kappa shape index (κ2) is 9.00. The van der Waals surface area contributed by atoms with Gasteiger partial charge in [-0.1, -0.05) is 29.8 Å². The van der Waals surface area contributed by atoms with E-state index in [9.17, 15) is 4.39 Å². The van der Waals surface area contributed by atoms with E-state index in [2.05, 4.69) is 26.3 Å². The number of rotatable bonds is 5. The maximum Gasteiger partial charge on any atom is 0.169 e. The molecule has 1 atom stereocenters. The van der Waals surface area contributed by atoms with E-state index in [1.54, 1.807) is 12.5 Å². The highest BCUT2D eigenvalue weighted by Crippen LogP contribution is 2.31. The number of nitrogens with one attached hydrogen (secondary N) is 1. The number of pyridine rings is 1. The number of aryl methyl sites for hydroxylation is 2. The van der Waals surface area contributed by atoms with Crippen molar-refractivity contribution in [1.82, 2.24) is 15.0 Å². The first-order valence-electron chi connectivity index (χ1n) is 11.1. The Morgan fingerprint density at radius 3 is 2.66 bits per heavy atom. The smallest absolute Gasteiger partial charge is 0.169 e. The molecule has 6 nitrogen and oxygen atoms in total. The molecule has 0 aliphatic carbocycles. The molecular formula is C27H23ClFN5O. The van der Waals surface area contributed by atoms with E-state index in [0.717, 1.165) is 27.6 Å². The first-order chi connectivity index (χ1) is 16.8. The van der Waals surface area contributed by atoms with Gasteiger partial charge in [-0.3, -0.25) is 0 Å². The van der Waals surface area contributed by atoms with Crippen LogP contribution in [-0.4, -0.2) is 15.0 Å². The summed E-state index contributed by atoms with van der Waals surface area (Å²) in [5.74, 6) is 0.809. The lowest BCUT2D eigenvalue weighted by Gasteiger charge is -2.17. The molecule has 5 rings (SSSR count). The quantitative estimate of drug-likeness (QED) is 0.256. The van der Waals surface area contributed by atoms with Crippen molar-refractivity contribution in [2.75, 3.05) is 11.1 Å². The summed E-state index contributed by atoms with van der Waals surface area (Å²) in [6, 6.07) is 15.0. The van der Waals surface area contributed by atoms with E-state index < -0.39 is 5.82 Å². The molecule has 3 N–H and O–H groups in total. The van der Waals surface area contributed by atoms with Gasteiger partial charge in [-0.25, -0.2) is 19.3 Å². The Balaban J connectivity index is 1.44. The molecule has 2 aromatic carbocycles. The Labute approximate surface area is 207 Å². The largest absolute Gasteiger partial charge is 0.461 e. The van der Waals surface area contributed by atoms with Gasteiger partial charge in [-0.05, 0) is 61.7 Å². The van der Waals surface area contributed by atoms with Crippen LogP contribution in [-0.2, 0) is 0 Å². The molecule has 8 heteroatoms. The third kappa shape index (κ3) is 4.55. The van der Waals surface area contributed by atoms with Crippen LogP contribution >= 0.6 is 11.6 Å². The summed E-state index contributed by atoms with van der Waals surface area (Å²) < 4.78 is 20.0. The highest BCUT2D eigenvalue weighted by Gasteiger charge is 2.14. The van der Waals surface area contributed by atoms with Gasteiger partial charge in [-0.15, -0.1) is 0 Å². The number of hydrogen-bond donors (Lipinski definition) is 2. The van der Waals surface area contributed by atoms with Crippen molar-refractivity contribution in [2.24, 2.45) is 0 Å². The number of benzene rings is 2. The zero-order valence-corrected chi connectivity index (χ0v) is 20.2. The summed E-state index contributed by atoms with van der Waals surface area (Å²) in [5.41, 5.74) is 11.7. The molecule has 1 unspecified atom stereocenters. The number of fused-ring (bicyclic) bond motifs is 1. The summed E-state index contributed by atoms with van der Waals surface area (Å²) in [5, 5.41) is 4.46. The number of hydrogen-bond acceptors (Lipinski definition) is 6. The van der Waals surface area contributed by atoms with E-state index in [1.807, 2.05) is 57.2 Å². The Morgan fingerprint density at radius 2 is 1.86 bits per heavy atom. The van der Waals surface area contributed by atoms with Crippen molar-refractivity contribution in [3.05, 3.63) is 88.9 Å². The van der Waals surface area contributed by atoms with Gasteiger partial charge in [-0.2, -0.15) is 0 Å². The average Bonchev–Trinajstić information content (AvgIpc) is 3.21. The minimum Gasteiger partial charge on any atom is -0.461 e. The summed E-state index contributed by atoms with van der Waals surface area (Å²) in [4.78, 5) is 13.2. The molecule has 5 aromatic rings. The van der Waals surface area contributed by atoms with Crippen LogP contribution in [0.15, 0.2) is 65.4 Å². The third-order valence-corrected chi connectivity index (χ3v) is 6.22. The van der Waals surface area contributed by atoms with E-state index in [0.29, 0.717) is 28.6 Å². The van der Waals surface area contributed by atoms with E-state index in [-0.39, 0.29) is 16.8 Å². The fraction of sp³-hybridized carbons (Fsp3) is 0.148. The Morgan fingerprint density at radius 1 is 1.03 bits per heavy atom. The number of nitrogens with two attached hydrogens (primary N) is 1. The normalized spacial score (nSPS) is 12.1. The fourth-order valence-electron chi connectivity index (χ4n) is 4.07. The third-order valence-electron chi connectivity index (χ3n) is 5.91. The molecule has 0 radical (unpaired) electrons. The lowest BCUT2D eigenvalue weighted by atomic mass is 10.0. The number of nitrogens with zero attached hydrogens (tertiary/aromatic N) is 3. The minimum absolute atomic E-state index is 0.0648. The molecule has 0 spiro atoms. The van der Waals surface area contributed by atoms with Crippen LogP contribution in [0.4, 0.5) is 15.9 Å². The molecule has 0 amide bonds. The molecule has 0 aliphatic rings. The highest BCUT2D eigenvalue weighted by molar-refractivity contribution is 6.31. The lowest BCUT2D eigenvalue weighted by molar-refractivity contribution is 0.559. The molecule has 0 bridgehead atoms. The highest BCUT2D eigenvalue weighted by atomic mass is 35.5. The lowest BCUT2D eigenvalue weighted by Crippen LogP contribution is -2.09. The van der Waals surface area contributed by atoms with Gasteiger partial charge in [0, 0.05) is 34.8 Å². The summed E-state index contributed by atoms with van der Waals surface area (Å²) >= 11 is 5.97. The number of furan rings is 1. The van der Waals surface area contributed by atoms with E-state index in [1.165, 1.54) is 6.07 Å². The van der Waals surface area contributed by atoms with Crippen molar-refractivity contribution >= 4 is 34.1 Å². The summed E-state index contributed by atoms with van der Waals surface area (Å²) in [6.07, 6.45) is 3.26. The topological polar surface area (TPSA) is 89.9 Å². The zero-order valence-electron chi connectivity index (χ0n) is 19.4. The fourth-order valence-corrected chi connectivity index (χ4v) is 4.17. The molecule has 0 saturated heterocycles. The standard InChI is InChI=1S/C27H23ClFN5O/c1-14-13-35-26-21(14)8-19(9-22(26)29)24-11-25(34-16(3)33-24)32-15(2)17-5-4-6-18(7-17)20-10-23(30)27(28)31-12-20/h4-13,15H,30H2,1-3H3,(H,32,33,34). The van der Waals surface area contributed by atoms with Gasteiger partial charge in [0.2, 0.25) is 0 Å². The maximum absolute atomic E-state index is 14.6. The Hall–Kier alpha value is -3.97. The number of halogens is 2.